The first-order valence-electron chi connectivity index (χ1n) is 6.65. The zero-order valence-electron chi connectivity index (χ0n) is 10.3. The molecule has 2 atom stereocenters. The number of likely N-dealkylation sites (tertiary alicyclic amines) is 1. The molecule has 0 spiro atoms. The standard InChI is InChI=1S/C13H18Br2N2S/c14-10-7-9(18-13(10)15)8-17-6-2-4-12(17)11-3-1-5-16-11/h7,11-12,16H,1-6,8H2. The Hall–Kier alpha value is 0.580. The van der Waals surface area contributed by atoms with Crippen molar-refractivity contribution in [3.05, 3.63) is 19.2 Å². The van der Waals surface area contributed by atoms with Gasteiger partial charge in [-0.05, 0) is 76.7 Å². The summed E-state index contributed by atoms with van der Waals surface area (Å²) >= 11 is 9.02. The van der Waals surface area contributed by atoms with E-state index < -0.39 is 0 Å². The number of nitrogens with one attached hydrogen (secondary N) is 1. The fourth-order valence-electron chi connectivity index (χ4n) is 3.21. The average molecular weight is 394 g/mol. The summed E-state index contributed by atoms with van der Waals surface area (Å²) in [5.41, 5.74) is 0. The highest BCUT2D eigenvalue weighted by Gasteiger charge is 2.33. The smallest absolute Gasteiger partial charge is 0.0843 e. The molecule has 18 heavy (non-hydrogen) atoms. The Labute approximate surface area is 129 Å². The van der Waals surface area contributed by atoms with Crippen molar-refractivity contribution in [3.63, 3.8) is 0 Å². The minimum absolute atomic E-state index is 0.736. The molecule has 0 saturated carbocycles. The molecular formula is C13H18Br2N2S. The second-order valence-electron chi connectivity index (χ2n) is 5.22. The molecular weight excluding hydrogens is 376 g/mol. The van der Waals surface area contributed by atoms with Crippen molar-refractivity contribution in [1.29, 1.82) is 0 Å². The van der Waals surface area contributed by atoms with Crippen LogP contribution < -0.4 is 5.32 Å². The van der Waals surface area contributed by atoms with Crippen LogP contribution in [0.3, 0.4) is 0 Å². The van der Waals surface area contributed by atoms with Gasteiger partial charge < -0.3 is 5.32 Å². The largest absolute Gasteiger partial charge is 0.312 e. The molecule has 3 rings (SSSR count). The zero-order valence-corrected chi connectivity index (χ0v) is 14.3. The fraction of sp³-hybridized carbons (Fsp3) is 0.692. The van der Waals surface area contributed by atoms with E-state index in [4.69, 9.17) is 0 Å². The van der Waals surface area contributed by atoms with E-state index in [1.165, 1.54) is 51.9 Å². The molecule has 2 aliphatic rings. The molecule has 1 aromatic heterocycles. The van der Waals surface area contributed by atoms with E-state index in [9.17, 15) is 0 Å². The third-order valence-electron chi connectivity index (χ3n) is 4.03. The van der Waals surface area contributed by atoms with Crippen LogP contribution in [0.2, 0.25) is 0 Å². The van der Waals surface area contributed by atoms with Gasteiger partial charge in [-0.1, -0.05) is 0 Å². The van der Waals surface area contributed by atoms with Crippen molar-refractivity contribution in [2.75, 3.05) is 13.1 Å². The first-order valence-corrected chi connectivity index (χ1v) is 9.05. The summed E-state index contributed by atoms with van der Waals surface area (Å²) in [5, 5.41) is 3.67. The number of nitrogens with zero attached hydrogens (tertiary/aromatic N) is 1. The highest BCUT2D eigenvalue weighted by molar-refractivity contribution is 9.13. The summed E-state index contributed by atoms with van der Waals surface area (Å²) < 4.78 is 2.41. The third-order valence-corrected chi connectivity index (χ3v) is 7.27. The van der Waals surface area contributed by atoms with Crippen LogP contribution in [-0.2, 0) is 6.54 Å². The van der Waals surface area contributed by atoms with E-state index in [1.54, 1.807) is 0 Å². The van der Waals surface area contributed by atoms with Gasteiger partial charge in [0.05, 0.1) is 3.79 Å². The highest BCUT2D eigenvalue weighted by atomic mass is 79.9. The van der Waals surface area contributed by atoms with Gasteiger partial charge in [-0.25, -0.2) is 0 Å². The van der Waals surface area contributed by atoms with Gasteiger partial charge >= 0.3 is 0 Å². The van der Waals surface area contributed by atoms with Gasteiger partial charge in [-0.15, -0.1) is 11.3 Å². The van der Waals surface area contributed by atoms with E-state index in [1.807, 2.05) is 11.3 Å². The van der Waals surface area contributed by atoms with Crippen LogP contribution in [0.1, 0.15) is 30.6 Å². The van der Waals surface area contributed by atoms with Crippen molar-refractivity contribution < 1.29 is 0 Å². The Morgan fingerprint density at radius 3 is 2.89 bits per heavy atom. The lowest BCUT2D eigenvalue weighted by molar-refractivity contribution is 0.208. The third kappa shape index (κ3) is 2.85. The summed E-state index contributed by atoms with van der Waals surface area (Å²) in [5.74, 6) is 0. The van der Waals surface area contributed by atoms with Crippen LogP contribution in [0.5, 0.6) is 0 Å². The summed E-state index contributed by atoms with van der Waals surface area (Å²) in [4.78, 5) is 4.13. The monoisotopic (exact) mass is 392 g/mol. The number of halogens is 2. The first kappa shape index (κ1) is 13.6. The van der Waals surface area contributed by atoms with Gasteiger partial charge in [0.1, 0.15) is 0 Å². The quantitative estimate of drug-likeness (QED) is 0.835. The van der Waals surface area contributed by atoms with E-state index in [0.717, 1.165) is 18.6 Å². The van der Waals surface area contributed by atoms with Gasteiger partial charge in [-0.2, -0.15) is 0 Å². The molecule has 0 bridgehead atoms. The van der Waals surface area contributed by atoms with Crippen molar-refractivity contribution in [2.45, 2.75) is 44.3 Å². The molecule has 1 aromatic rings. The number of rotatable bonds is 3. The molecule has 2 fully saturated rings. The molecule has 2 aliphatic heterocycles. The zero-order chi connectivity index (χ0) is 12.5. The van der Waals surface area contributed by atoms with Gasteiger partial charge in [0.2, 0.25) is 0 Å². The summed E-state index contributed by atoms with van der Waals surface area (Å²) in [7, 11) is 0. The van der Waals surface area contributed by atoms with Gasteiger partial charge in [0, 0.05) is 28.0 Å². The van der Waals surface area contributed by atoms with Crippen molar-refractivity contribution in [2.24, 2.45) is 0 Å². The molecule has 2 unspecified atom stereocenters. The molecule has 0 aliphatic carbocycles. The maximum Gasteiger partial charge on any atom is 0.0843 e. The SMILES string of the molecule is Brc1cc(CN2CCCC2C2CCCN2)sc1Br. The minimum atomic E-state index is 0.736. The molecule has 3 heterocycles. The van der Waals surface area contributed by atoms with Crippen LogP contribution >= 0.6 is 43.2 Å². The maximum absolute atomic E-state index is 3.67. The maximum atomic E-state index is 3.67. The molecule has 100 valence electrons. The molecule has 0 aromatic carbocycles. The second kappa shape index (κ2) is 5.92. The second-order valence-corrected chi connectivity index (χ2v) is 8.53. The summed E-state index contributed by atoms with van der Waals surface area (Å²) in [6.07, 6.45) is 5.44. The number of thiophene rings is 1. The van der Waals surface area contributed by atoms with Crippen molar-refractivity contribution in [3.8, 4) is 0 Å². The topological polar surface area (TPSA) is 15.3 Å². The molecule has 2 saturated heterocycles. The lowest BCUT2D eigenvalue weighted by Crippen LogP contribution is -2.43. The molecule has 2 nitrogen and oxygen atoms in total. The normalized spacial score (nSPS) is 29.2. The van der Waals surface area contributed by atoms with Crippen LogP contribution in [0.25, 0.3) is 0 Å². The summed E-state index contributed by atoms with van der Waals surface area (Å²) in [6.45, 7) is 3.58. The fourth-order valence-corrected chi connectivity index (χ4v) is 5.42. The highest BCUT2D eigenvalue weighted by Crippen LogP contribution is 2.34. The van der Waals surface area contributed by atoms with Gasteiger partial charge in [0.25, 0.3) is 0 Å². The number of hydrogen-bond donors (Lipinski definition) is 1. The van der Waals surface area contributed by atoms with Crippen molar-refractivity contribution in [1.82, 2.24) is 10.2 Å². The first-order chi connectivity index (χ1) is 8.74. The van der Waals surface area contributed by atoms with Crippen molar-refractivity contribution >= 4 is 43.2 Å². The van der Waals surface area contributed by atoms with E-state index in [-0.39, 0.29) is 0 Å². The van der Waals surface area contributed by atoms with Crippen LogP contribution in [-0.4, -0.2) is 30.1 Å². The van der Waals surface area contributed by atoms with Crippen LogP contribution in [0.15, 0.2) is 14.3 Å². The number of hydrogen-bond acceptors (Lipinski definition) is 3. The predicted octanol–water partition coefficient (Wildman–Crippen LogP) is 3.99. The van der Waals surface area contributed by atoms with Crippen LogP contribution in [0.4, 0.5) is 0 Å². The van der Waals surface area contributed by atoms with Crippen LogP contribution in [0, 0.1) is 0 Å². The molecule has 0 amide bonds. The lowest BCUT2D eigenvalue weighted by atomic mass is 10.0. The molecule has 0 radical (unpaired) electrons. The average Bonchev–Trinajstić information content (AvgIpc) is 3.01. The Kier molecular flexibility index (Phi) is 4.46. The van der Waals surface area contributed by atoms with E-state index in [0.29, 0.717) is 0 Å². The Morgan fingerprint density at radius 2 is 2.22 bits per heavy atom. The van der Waals surface area contributed by atoms with Gasteiger partial charge in [-0.3, -0.25) is 4.90 Å². The predicted molar refractivity (Wildman–Crippen MR) is 84.2 cm³/mol. The lowest BCUT2D eigenvalue weighted by Gasteiger charge is -2.29. The Bertz CT molecular complexity index is 396. The van der Waals surface area contributed by atoms with Gasteiger partial charge in [0.15, 0.2) is 0 Å². The van der Waals surface area contributed by atoms with E-state index in [2.05, 4.69) is 48.1 Å². The van der Waals surface area contributed by atoms with E-state index >= 15 is 0 Å². The molecule has 5 heteroatoms. The Balaban J connectivity index is 1.67. The Morgan fingerprint density at radius 1 is 1.33 bits per heavy atom. The molecule has 1 N–H and O–H groups in total. The minimum Gasteiger partial charge on any atom is -0.312 e. The summed E-state index contributed by atoms with van der Waals surface area (Å²) in [6, 6.07) is 3.75.